The topological polar surface area (TPSA) is 171 Å². The quantitative estimate of drug-likeness (QED) is 0.309. The molecule has 0 atom stereocenters. The Morgan fingerprint density at radius 1 is 0.542 bits per heavy atom. The average Bonchev–Trinajstić information content (AvgIpc) is 2.26. The predicted molar refractivity (Wildman–Crippen MR) is 78.9 cm³/mol. The first-order valence-corrected chi connectivity index (χ1v) is 6.65. The number of carbonyl (C=O) groups is 4. The molecule has 24 heavy (non-hydrogen) atoms. The molecule has 0 aromatic heterocycles. The molecule has 0 heterocycles. The van der Waals surface area contributed by atoms with Crippen molar-refractivity contribution in [3.8, 4) is 0 Å². The Labute approximate surface area is 142 Å². The molecule has 0 aromatic rings. The summed E-state index contributed by atoms with van der Waals surface area (Å²) in [5.74, 6) is -8.38. The van der Waals surface area contributed by atoms with Crippen LogP contribution in [0.1, 0.15) is 0 Å². The van der Waals surface area contributed by atoms with Gasteiger partial charge in [0.2, 0.25) is 0 Å². The molecule has 0 aliphatic rings. The summed E-state index contributed by atoms with van der Waals surface area (Å²) in [6, 6.07) is 0. The highest BCUT2D eigenvalue weighted by molar-refractivity contribution is 6.26. The minimum atomic E-state index is -2.19. The Balaban J connectivity index is -0.0000000637. The number of nitrogens with one attached hydrogen (secondary N) is 3. The molecule has 0 aliphatic heterocycles. The van der Waals surface area contributed by atoms with E-state index in [-0.39, 0.29) is 0 Å². The smallest absolute Gasteiger partial charge is 0.351 e. The van der Waals surface area contributed by atoms with Crippen LogP contribution in [-0.4, -0.2) is 92.4 Å². The molecule has 0 aliphatic carbocycles. The van der Waals surface area contributed by atoms with Crippen LogP contribution in [0.4, 0.5) is 0 Å². The van der Waals surface area contributed by atoms with E-state index in [0.29, 0.717) is 0 Å². The lowest BCUT2D eigenvalue weighted by molar-refractivity contribution is -0.836. The van der Waals surface area contributed by atoms with Gasteiger partial charge in [-0.25, -0.2) is 4.79 Å². The molecule has 0 fully saturated rings. The average molecular weight is 357 g/mol. The summed E-state index contributed by atoms with van der Waals surface area (Å²) in [6.07, 6.45) is 0. The van der Waals surface area contributed by atoms with Crippen LogP contribution in [0.2, 0.25) is 0 Å². The van der Waals surface area contributed by atoms with Crippen LogP contribution in [0, 0.1) is 0 Å². The molecular weight excluding hydrogens is 326 g/mol. The zero-order valence-electron chi connectivity index (χ0n) is 15.8. The van der Waals surface area contributed by atoms with Gasteiger partial charge in [-0.15, -0.1) is 0 Å². The van der Waals surface area contributed by atoms with Crippen LogP contribution < -0.4 is 30.0 Å². The van der Waals surface area contributed by atoms with Crippen molar-refractivity contribution in [2.45, 2.75) is 0 Å². The van der Waals surface area contributed by atoms with Crippen LogP contribution in [0.3, 0.4) is 0 Å². The molecule has 0 radical (unpaired) electrons. The summed E-state index contributed by atoms with van der Waals surface area (Å²) >= 11 is 0. The van der Waals surface area contributed by atoms with Gasteiger partial charge in [-0.1, -0.05) is 0 Å². The molecular formula is C13H31N3O8. The fourth-order valence-corrected chi connectivity index (χ4v) is 0. The van der Waals surface area contributed by atoms with Gasteiger partial charge >= 0.3 is 5.97 Å². The summed E-state index contributed by atoms with van der Waals surface area (Å²) in [5.41, 5.74) is 0. The van der Waals surface area contributed by atoms with E-state index in [1.165, 1.54) is 14.7 Å². The van der Waals surface area contributed by atoms with Gasteiger partial charge < -0.3 is 49.5 Å². The summed E-state index contributed by atoms with van der Waals surface area (Å²) in [4.78, 5) is 40.1. The van der Waals surface area contributed by atoms with E-state index in [9.17, 15) is 0 Å². The second-order valence-corrected chi connectivity index (χ2v) is 5.67. The van der Waals surface area contributed by atoms with Gasteiger partial charge in [0.1, 0.15) is 0 Å². The third-order valence-electron chi connectivity index (χ3n) is 0.341. The van der Waals surface area contributed by atoms with Crippen molar-refractivity contribution in [1.29, 1.82) is 0 Å². The van der Waals surface area contributed by atoms with E-state index < -0.39 is 23.9 Å². The molecule has 0 aromatic carbocycles. The zero-order chi connectivity index (χ0) is 21.0. The van der Waals surface area contributed by atoms with Crippen molar-refractivity contribution in [2.24, 2.45) is 0 Å². The Hall–Kier alpha value is -2.24. The Kier molecular flexibility index (Phi) is 32.0. The normalized spacial score (nSPS) is 8.17. The second kappa shape index (κ2) is 23.0. The predicted octanol–water partition coefficient (Wildman–Crippen LogP) is -9.41. The van der Waals surface area contributed by atoms with Crippen LogP contribution in [0.15, 0.2) is 0 Å². The maximum atomic E-state index is 9.04. The first kappa shape index (κ1) is 33.4. The number of carboxylic acids is 4. The summed E-state index contributed by atoms with van der Waals surface area (Å²) in [5, 5.41) is 34.2. The van der Waals surface area contributed by atoms with Crippen molar-refractivity contribution in [2.75, 3.05) is 63.4 Å². The van der Waals surface area contributed by atoms with E-state index in [1.54, 1.807) is 0 Å². The Bertz CT molecular complexity index is 274. The van der Waals surface area contributed by atoms with Gasteiger partial charge in [0.25, 0.3) is 0 Å². The number of aliphatic carboxylic acids is 4. The summed E-state index contributed by atoms with van der Waals surface area (Å²) in [7, 11) is 18.8. The maximum absolute atomic E-state index is 9.04. The van der Waals surface area contributed by atoms with Gasteiger partial charge in [-0.05, 0) is 0 Å². The summed E-state index contributed by atoms with van der Waals surface area (Å²) < 4.78 is 0. The Morgan fingerprint density at radius 2 is 0.625 bits per heavy atom. The third-order valence-corrected chi connectivity index (χ3v) is 0.341. The monoisotopic (exact) mass is 357 g/mol. The van der Waals surface area contributed by atoms with Gasteiger partial charge in [0.15, 0.2) is 5.97 Å². The largest absolute Gasteiger partial charge is 0.543 e. The molecule has 0 saturated carbocycles. The highest BCUT2D eigenvalue weighted by Gasteiger charge is 1.90. The minimum absolute atomic E-state index is 1.42. The van der Waals surface area contributed by atoms with E-state index in [1.807, 2.05) is 0 Å². The highest BCUT2D eigenvalue weighted by atomic mass is 16.4. The van der Waals surface area contributed by atoms with Crippen molar-refractivity contribution >= 4 is 23.9 Å². The maximum Gasteiger partial charge on any atom is 0.351 e. The van der Waals surface area contributed by atoms with Gasteiger partial charge in [-0.3, -0.25) is 0 Å². The highest BCUT2D eigenvalue weighted by Crippen LogP contribution is 1.49. The number of hydrogen-bond donors (Lipinski definition) is 4. The van der Waals surface area contributed by atoms with E-state index in [2.05, 4.69) is 63.4 Å². The van der Waals surface area contributed by atoms with Gasteiger partial charge in [0, 0.05) is 0 Å². The van der Waals surface area contributed by atoms with Crippen LogP contribution in [-0.2, 0) is 19.2 Å². The summed E-state index contributed by atoms with van der Waals surface area (Å²) in [6.45, 7) is 0. The van der Waals surface area contributed by atoms with E-state index >= 15 is 0 Å². The third kappa shape index (κ3) is 210. The minimum Gasteiger partial charge on any atom is -0.543 e. The fourth-order valence-electron chi connectivity index (χ4n) is 0. The SMILES string of the molecule is C[NH+](C)C.C[NH+](C)C.C[NH+](C)C.O=C([O-])C(=O)O.O=C([O-])C(=O)[O-]. The van der Waals surface area contributed by atoms with Crippen molar-refractivity contribution in [3.63, 3.8) is 0 Å². The van der Waals surface area contributed by atoms with Crippen LogP contribution in [0.5, 0.6) is 0 Å². The molecule has 11 heteroatoms. The number of carboxylic acid groups (broad SMARTS) is 4. The lowest BCUT2D eigenvalue weighted by Crippen LogP contribution is -3.02. The van der Waals surface area contributed by atoms with E-state index in [0.717, 1.165) is 0 Å². The lowest BCUT2D eigenvalue weighted by atomic mass is 10.7. The Morgan fingerprint density at radius 3 is 0.625 bits per heavy atom. The number of rotatable bonds is 0. The molecule has 11 nitrogen and oxygen atoms in total. The van der Waals surface area contributed by atoms with Crippen molar-refractivity contribution in [1.82, 2.24) is 0 Å². The van der Waals surface area contributed by atoms with Gasteiger partial charge in [-0.2, -0.15) is 0 Å². The molecule has 146 valence electrons. The number of carbonyl (C=O) groups excluding carboxylic acids is 3. The molecule has 0 spiro atoms. The lowest BCUT2D eigenvalue weighted by Gasteiger charge is -1.97. The van der Waals surface area contributed by atoms with Crippen LogP contribution >= 0.6 is 0 Å². The molecule has 0 unspecified atom stereocenters. The van der Waals surface area contributed by atoms with Gasteiger partial charge in [0.05, 0.1) is 75.4 Å². The standard InChI is InChI=1S/3C3H9N.2C2H2O4/c3*1-4(2)3;2*3-1(4)2(5)6/h3*1-3H3;2*(H,3,4)(H,5,6). The van der Waals surface area contributed by atoms with Crippen LogP contribution in [0.25, 0.3) is 0 Å². The van der Waals surface area contributed by atoms with Crippen molar-refractivity contribution < 1.29 is 54.3 Å². The number of hydrogen-bond acceptors (Lipinski definition) is 7. The zero-order valence-corrected chi connectivity index (χ0v) is 15.8. The fraction of sp³-hybridized carbons (Fsp3) is 0.692. The molecule has 0 bridgehead atoms. The molecule has 0 amide bonds. The molecule has 4 N–H and O–H groups in total. The second-order valence-electron chi connectivity index (χ2n) is 5.67. The van der Waals surface area contributed by atoms with E-state index in [4.69, 9.17) is 39.6 Å². The molecule has 0 saturated heterocycles. The van der Waals surface area contributed by atoms with Crippen molar-refractivity contribution in [3.05, 3.63) is 0 Å². The first-order chi connectivity index (χ1) is 10.5. The molecule has 0 rings (SSSR count). The first-order valence-electron chi connectivity index (χ1n) is 6.65. The number of quaternary nitrogens is 3.